The van der Waals surface area contributed by atoms with Crippen molar-refractivity contribution in [3.63, 3.8) is 0 Å². The molecule has 0 nitrogen and oxygen atoms in total. The predicted octanol–water partition coefficient (Wildman–Crippen LogP) is 7.53. The van der Waals surface area contributed by atoms with Crippen LogP contribution in [0.2, 0.25) is 0 Å². The fourth-order valence-electron chi connectivity index (χ4n) is 5.51. The number of rotatable bonds is 4. The molecule has 0 N–H and O–H groups in total. The Hall–Kier alpha value is 0.490. The van der Waals surface area contributed by atoms with Gasteiger partial charge in [-0.05, 0) is 80.1 Å². The number of halogens is 3. The van der Waals surface area contributed by atoms with Crippen LogP contribution in [0.25, 0.3) is 0 Å². The Balaban J connectivity index is 1.54. The molecular weight excluding hydrogens is 361 g/mol. The average molecular weight is 395 g/mol. The number of alkyl halides is 3. The molecule has 146 valence electrons. The summed E-state index contributed by atoms with van der Waals surface area (Å²) in [5.41, 5.74) is 0. The molecule has 2 aliphatic carbocycles. The van der Waals surface area contributed by atoms with E-state index in [1.165, 1.54) is 62.0 Å². The molecule has 3 fully saturated rings. The van der Waals surface area contributed by atoms with Crippen LogP contribution in [0, 0.1) is 23.7 Å². The summed E-state index contributed by atoms with van der Waals surface area (Å²) < 4.78 is 40.2. The Bertz CT molecular complexity index is 402. The van der Waals surface area contributed by atoms with Gasteiger partial charge >= 0.3 is 6.18 Å². The number of hydrogen-bond acceptors (Lipinski definition) is 2. The third kappa shape index (κ3) is 4.50. The minimum Gasteiger partial charge on any atom is -0.168 e. The highest BCUT2D eigenvalue weighted by atomic mass is 32.2. The highest BCUT2D eigenvalue weighted by Gasteiger charge is 2.61. The lowest BCUT2D eigenvalue weighted by Gasteiger charge is -2.47. The summed E-state index contributed by atoms with van der Waals surface area (Å²) in [5.74, 6) is 3.59. The Labute approximate surface area is 159 Å². The van der Waals surface area contributed by atoms with Gasteiger partial charge in [-0.25, -0.2) is 0 Å². The molecule has 1 heterocycles. The minimum atomic E-state index is -4.07. The monoisotopic (exact) mass is 394 g/mol. The highest BCUT2D eigenvalue weighted by Crippen LogP contribution is 2.60. The second-order valence-corrected chi connectivity index (χ2v) is 11.3. The van der Waals surface area contributed by atoms with E-state index < -0.39 is 10.3 Å². The van der Waals surface area contributed by atoms with Gasteiger partial charge in [0.2, 0.25) is 0 Å². The predicted molar refractivity (Wildman–Crippen MR) is 104 cm³/mol. The van der Waals surface area contributed by atoms with Crippen LogP contribution >= 0.6 is 23.5 Å². The van der Waals surface area contributed by atoms with Crippen LogP contribution in [-0.4, -0.2) is 21.8 Å². The van der Waals surface area contributed by atoms with Crippen molar-refractivity contribution in [1.82, 2.24) is 0 Å². The molecule has 3 aliphatic rings. The second-order valence-electron chi connectivity index (χ2n) is 8.40. The van der Waals surface area contributed by atoms with Gasteiger partial charge < -0.3 is 0 Å². The third-order valence-electron chi connectivity index (χ3n) is 6.88. The van der Waals surface area contributed by atoms with Crippen molar-refractivity contribution in [1.29, 1.82) is 0 Å². The molecular formula is C20H33F3S2. The molecule has 1 aliphatic heterocycles. The van der Waals surface area contributed by atoms with Crippen LogP contribution in [0.3, 0.4) is 0 Å². The maximum absolute atomic E-state index is 13.9. The van der Waals surface area contributed by atoms with Gasteiger partial charge in [0.1, 0.15) is 0 Å². The molecule has 0 aromatic carbocycles. The summed E-state index contributed by atoms with van der Waals surface area (Å²) in [5, 5.41) is 0. The Morgan fingerprint density at radius 1 is 0.840 bits per heavy atom. The first-order chi connectivity index (χ1) is 12.0. The maximum Gasteiger partial charge on any atom is 0.412 e. The normalized spacial score (nSPS) is 37.0. The lowest BCUT2D eigenvalue weighted by atomic mass is 9.68. The smallest absolute Gasteiger partial charge is 0.168 e. The first-order valence-electron chi connectivity index (χ1n) is 10.3. The molecule has 0 bridgehead atoms. The molecule has 0 amide bonds. The standard InChI is InChI=1S/C20H33F3S2/c1-2-4-15-5-7-16(8-6-15)17-9-11-18(12-10-17)19(20(21,22)23)24-13-3-14-25-19/h15-18H,2-14H2,1H3. The highest BCUT2D eigenvalue weighted by molar-refractivity contribution is 8.18. The fourth-order valence-corrected chi connectivity index (χ4v) is 8.98. The van der Waals surface area contributed by atoms with Crippen LogP contribution in [-0.2, 0) is 0 Å². The first kappa shape index (κ1) is 20.2. The van der Waals surface area contributed by atoms with Crippen molar-refractivity contribution in [2.75, 3.05) is 11.5 Å². The molecule has 25 heavy (non-hydrogen) atoms. The van der Waals surface area contributed by atoms with Gasteiger partial charge in [-0.3, -0.25) is 0 Å². The van der Waals surface area contributed by atoms with Crippen molar-refractivity contribution in [2.45, 2.75) is 87.8 Å². The molecule has 5 heteroatoms. The van der Waals surface area contributed by atoms with Crippen LogP contribution < -0.4 is 0 Å². The van der Waals surface area contributed by atoms with Crippen molar-refractivity contribution in [3.05, 3.63) is 0 Å². The largest absolute Gasteiger partial charge is 0.412 e. The van der Waals surface area contributed by atoms with Crippen molar-refractivity contribution in [3.8, 4) is 0 Å². The second kappa shape index (κ2) is 8.67. The number of thioether (sulfide) groups is 2. The van der Waals surface area contributed by atoms with Crippen LogP contribution in [0.15, 0.2) is 0 Å². The molecule has 0 aromatic rings. The van der Waals surface area contributed by atoms with Crippen LogP contribution in [0.1, 0.15) is 77.6 Å². The van der Waals surface area contributed by atoms with E-state index in [0.717, 1.165) is 43.9 Å². The van der Waals surface area contributed by atoms with Crippen LogP contribution in [0.4, 0.5) is 13.2 Å². The summed E-state index contributed by atoms with van der Waals surface area (Å²) in [6, 6.07) is 0. The van der Waals surface area contributed by atoms with E-state index in [-0.39, 0.29) is 5.92 Å². The fraction of sp³-hybridized carbons (Fsp3) is 1.00. The summed E-state index contributed by atoms with van der Waals surface area (Å²) in [4.78, 5) is 0. The summed E-state index contributed by atoms with van der Waals surface area (Å²) in [6.07, 6.45) is 8.52. The van der Waals surface area contributed by atoms with Crippen molar-refractivity contribution >= 4 is 23.5 Å². The summed E-state index contributed by atoms with van der Waals surface area (Å²) in [7, 11) is 0. The molecule has 0 spiro atoms. The Kier molecular flexibility index (Phi) is 7.01. The molecule has 3 rings (SSSR count). The van der Waals surface area contributed by atoms with Gasteiger partial charge in [0.25, 0.3) is 0 Å². The van der Waals surface area contributed by atoms with Crippen molar-refractivity contribution < 1.29 is 13.2 Å². The Morgan fingerprint density at radius 3 is 1.84 bits per heavy atom. The average Bonchev–Trinajstić information content (AvgIpc) is 2.62. The zero-order valence-electron chi connectivity index (χ0n) is 15.5. The van der Waals surface area contributed by atoms with E-state index in [0.29, 0.717) is 17.4 Å². The van der Waals surface area contributed by atoms with Gasteiger partial charge in [-0.15, -0.1) is 23.5 Å². The van der Waals surface area contributed by atoms with Gasteiger partial charge in [-0.2, -0.15) is 13.2 Å². The Morgan fingerprint density at radius 2 is 1.36 bits per heavy atom. The van der Waals surface area contributed by atoms with E-state index in [4.69, 9.17) is 0 Å². The topological polar surface area (TPSA) is 0 Å². The quantitative estimate of drug-likeness (QED) is 0.483. The van der Waals surface area contributed by atoms with Gasteiger partial charge in [0.15, 0.2) is 4.08 Å². The SMILES string of the molecule is CCCC1CCC(C2CCC(C3(C(F)(F)F)SCCCS3)CC2)CC1. The summed E-state index contributed by atoms with van der Waals surface area (Å²) in [6.45, 7) is 2.27. The molecule has 0 aromatic heterocycles. The van der Waals surface area contributed by atoms with E-state index in [2.05, 4.69) is 6.92 Å². The van der Waals surface area contributed by atoms with E-state index in [1.54, 1.807) is 0 Å². The molecule has 0 radical (unpaired) electrons. The zero-order chi connectivity index (χ0) is 17.9. The molecule has 0 atom stereocenters. The van der Waals surface area contributed by atoms with Crippen molar-refractivity contribution in [2.24, 2.45) is 23.7 Å². The van der Waals surface area contributed by atoms with E-state index in [9.17, 15) is 13.2 Å². The van der Waals surface area contributed by atoms with E-state index in [1.807, 2.05) is 0 Å². The molecule has 2 saturated carbocycles. The van der Waals surface area contributed by atoms with Gasteiger partial charge in [0.05, 0.1) is 0 Å². The number of hydrogen-bond donors (Lipinski definition) is 0. The first-order valence-corrected chi connectivity index (χ1v) is 12.3. The van der Waals surface area contributed by atoms with Gasteiger partial charge in [0, 0.05) is 0 Å². The summed E-state index contributed by atoms with van der Waals surface area (Å²) >= 11 is 2.41. The molecule has 0 unspecified atom stereocenters. The lowest BCUT2D eigenvalue weighted by Crippen LogP contribution is -2.49. The minimum absolute atomic E-state index is 0.171. The van der Waals surface area contributed by atoms with E-state index >= 15 is 0 Å². The van der Waals surface area contributed by atoms with Crippen LogP contribution in [0.5, 0.6) is 0 Å². The van der Waals surface area contributed by atoms with Gasteiger partial charge in [-0.1, -0.05) is 32.6 Å². The lowest BCUT2D eigenvalue weighted by molar-refractivity contribution is -0.151. The third-order valence-corrected chi connectivity index (χ3v) is 10.6. The molecule has 1 saturated heterocycles. The zero-order valence-corrected chi connectivity index (χ0v) is 17.1. The maximum atomic E-state index is 13.9.